The van der Waals surface area contributed by atoms with Gasteiger partial charge in [0.05, 0.1) is 12.2 Å². The number of allylic oxidation sites excluding steroid dienone is 5. The van der Waals surface area contributed by atoms with Gasteiger partial charge < -0.3 is 39.0 Å². The van der Waals surface area contributed by atoms with E-state index < -0.39 is 88.9 Å². The van der Waals surface area contributed by atoms with E-state index in [1.165, 1.54) is 6.08 Å². The number of hydrogen-bond donors (Lipinski definition) is 3. The van der Waals surface area contributed by atoms with Crippen LogP contribution in [0, 0.1) is 17.8 Å². The molecule has 0 amide bonds. The van der Waals surface area contributed by atoms with Crippen molar-refractivity contribution in [3.63, 3.8) is 0 Å². The second kappa shape index (κ2) is 10.9. The monoisotopic (exact) mass is 646 g/mol. The number of aliphatic hydroxyl groups is 3. The van der Waals surface area contributed by atoms with Crippen LogP contribution in [-0.2, 0) is 39.2 Å². The Kier molecular flexibility index (Phi) is 7.50. The van der Waals surface area contributed by atoms with E-state index >= 15 is 0 Å². The molecule has 250 valence electrons. The van der Waals surface area contributed by atoms with Crippen LogP contribution in [-0.4, -0.2) is 80.5 Å². The number of fused-ring (bicyclic) bond motifs is 3. The molecule has 1 aromatic carbocycles. The molecule has 0 spiro atoms. The lowest BCUT2D eigenvalue weighted by molar-refractivity contribution is -0.440. The predicted octanol–water partition coefficient (Wildman–Crippen LogP) is 3.32. The first-order valence-electron chi connectivity index (χ1n) is 16.3. The molecule has 3 N–H and O–H groups in total. The van der Waals surface area contributed by atoms with E-state index in [0.29, 0.717) is 11.1 Å². The maximum absolute atomic E-state index is 13.8. The molecule has 3 aliphatic heterocycles. The van der Waals surface area contributed by atoms with Gasteiger partial charge in [-0.15, -0.1) is 0 Å². The van der Waals surface area contributed by atoms with Crippen LogP contribution in [0.25, 0.3) is 0 Å². The third-order valence-corrected chi connectivity index (χ3v) is 11.3. The lowest BCUT2D eigenvalue weighted by atomic mass is 9.53. The summed E-state index contributed by atoms with van der Waals surface area (Å²) in [4.78, 5) is 27.4. The maximum Gasteiger partial charge on any atom is 0.331 e. The second-order valence-electron chi connectivity index (χ2n) is 13.8. The number of unbranched alkanes of at least 4 members (excludes halogenated alkanes) is 1. The molecule has 7 rings (SSSR count). The molecule has 6 aliphatic rings. The Morgan fingerprint density at radius 1 is 1.09 bits per heavy atom. The highest BCUT2D eigenvalue weighted by molar-refractivity contribution is 6.05. The van der Waals surface area contributed by atoms with Gasteiger partial charge in [0.15, 0.2) is 17.0 Å². The highest BCUT2D eigenvalue weighted by atomic mass is 16.9. The first kappa shape index (κ1) is 32.3. The number of epoxide rings is 1. The zero-order chi connectivity index (χ0) is 33.6. The van der Waals surface area contributed by atoms with Crippen LogP contribution in [0.5, 0.6) is 0 Å². The fourth-order valence-electron chi connectivity index (χ4n) is 9.08. The summed E-state index contributed by atoms with van der Waals surface area (Å²) in [6.45, 7) is 10.9. The number of ketones is 1. The average molecular weight is 647 g/mol. The first-order valence-corrected chi connectivity index (χ1v) is 16.3. The average Bonchev–Trinajstić information content (AvgIpc) is 3.68. The fourth-order valence-corrected chi connectivity index (χ4v) is 9.08. The summed E-state index contributed by atoms with van der Waals surface area (Å²) in [6.07, 6.45) is 9.29. The van der Waals surface area contributed by atoms with Gasteiger partial charge in [-0.25, -0.2) is 4.79 Å². The zero-order valence-corrected chi connectivity index (χ0v) is 27.0. The molecule has 12 atom stereocenters. The van der Waals surface area contributed by atoms with Crippen molar-refractivity contribution in [2.24, 2.45) is 17.8 Å². The van der Waals surface area contributed by atoms with Crippen molar-refractivity contribution in [3.05, 3.63) is 96.2 Å². The summed E-state index contributed by atoms with van der Waals surface area (Å²) >= 11 is 0. The highest BCUT2D eigenvalue weighted by Crippen LogP contribution is 2.74. The number of carbonyl (C=O) groups excluding carboxylic acids is 2. The summed E-state index contributed by atoms with van der Waals surface area (Å²) in [5, 5.41) is 34.9. The van der Waals surface area contributed by atoms with Crippen LogP contribution in [0.4, 0.5) is 0 Å². The quantitative estimate of drug-likeness (QED) is 0.120. The number of Topliss-reactive ketones (excluding diaryl/α,β-unsaturated/α-hetero) is 1. The molecular weight excluding hydrogens is 604 g/mol. The predicted molar refractivity (Wildman–Crippen MR) is 168 cm³/mol. The number of ether oxygens (including phenoxy) is 5. The van der Waals surface area contributed by atoms with E-state index in [-0.39, 0.29) is 5.57 Å². The van der Waals surface area contributed by atoms with Gasteiger partial charge in [0.1, 0.15) is 30.0 Å². The number of carbonyl (C=O) groups is 2. The SMILES string of the molecule is C=C(C)[C@@]12O[C@]3(c4ccccc4)OC1C1C4O[C@]4(CO)C(O)[C@]4(O)C(=O)C(C)=CC4[C@@]1(O3)C(C)[C@@H]2OC(=O)/C=C/C=C/C=C/CCC. The third-order valence-electron chi connectivity index (χ3n) is 11.3. The van der Waals surface area contributed by atoms with Crippen molar-refractivity contribution in [2.45, 2.75) is 93.3 Å². The number of esters is 1. The molecule has 47 heavy (non-hydrogen) atoms. The van der Waals surface area contributed by atoms with Gasteiger partial charge in [0.2, 0.25) is 0 Å². The van der Waals surface area contributed by atoms with E-state index in [4.69, 9.17) is 23.7 Å². The zero-order valence-electron chi connectivity index (χ0n) is 27.0. The smallest absolute Gasteiger partial charge is 0.331 e. The Bertz CT molecular complexity index is 1610. The maximum atomic E-state index is 13.8. The van der Waals surface area contributed by atoms with Gasteiger partial charge in [-0.1, -0.05) is 93.6 Å². The van der Waals surface area contributed by atoms with Crippen molar-refractivity contribution in [2.75, 3.05) is 6.61 Å². The molecule has 10 heteroatoms. The van der Waals surface area contributed by atoms with Gasteiger partial charge >= 0.3 is 11.9 Å². The Morgan fingerprint density at radius 2 is 1.81 bits per heavy atom. The lowest BCUT2D eigenvalue weighted by Crippen LogP contribution is -2.76. The Balaban J connectivity index is 1.40. The van der Waals surface area contributed by atoms with Crippen molar-refractivity contribution >= 4 is 11.8 Å². The third kappa shape index (κ3) is 4.04. The second-order valence-corrected chi connectivity index (χ2v) is 13.8. The first-order chi connectivity index (χ1) is 22.4. The molecule has 2 saturated carbocycles. The van der Waals surface area contributed by atoms with Gasteiger partial charge in [0, 0.05) is 29.4 Å². The molecule has 10 nitrogen and oxygen atoms in total. The van der Waals surface area contributed by atoms with E-state index in [9.17, 15) is 24.9 Å². The number of benzene rings is 1. The molecule has 3 heterocycles. The normalized spacial score (nSPS) is 46.0. The van der Waals surface area contributed by atoms with Gasteiger partial charge in [-0.05, 0) is 31.4 Å². The molecule has 3 bridgehead atoms. The van der Waals surface area contributed by atoms with Crippen molar-refractivity contribution < 1.29 is 48.6 Å². The summed E-state index contributed by atoms with van der Waals surface area (Å²) in [7, 11) is 0. The number of aliphatic hydroxyl groups excluding tert-OH is 2. The topological polar surface area (TPSA) is 144 Å². The van der Waals surface area contributed by atoms with Crippen LogP contribution in [0.1, 0.15) is 46.1 Å². The van der Waals surface area contributed by atoms with Crippen molar-refractivity contribution in [3.8, 4) is 0 Å². The Labute approximate surface area is 274 Å². The molecule has 5 fully saturated rings. The minimum atomic E-state index is -2.42. The molecule has 1 aromatic rings. The summed E-state index contributed by atoms with van der Waals surface area (Å²) < 4.78 is 33.3. The van der Waals surface area contributed by atoms with Gasteiger partial charge in [-0.3, -0.25) is 4.79 Å². The van der Waals surface area contributed by atoms with E-state index in [1.807, 2.05) is 31.2 Å². The molecular formula is C37H42O10. The summed E-state index contributed by atoms with van der Waals surface area (Å²) in [5.41, 5.74) is -5.90. The molecule has 6 unspecified atom stereocenters. The van der Waals surface area contributed by atoms with Gasteiger partial charge in [-0.2, -0.15) is 0 Å². The Hall–Kier alpha value is -3.22. The minimum Gasteiger partial charge on any atom is -0.455 e. The van der Waals surface area contributed by atoms with E-state index in [1.54, 1.807) is 56.3 Å². The van der Waals surface area contributed by atoms with Crippen molar-refractivity contribution in [1.29, 1.82) is 0 Å². The standard InChI is InChI=1S/C37H42O10/c1-6-7-8-9-10-11-15-18-26(39)43-29-23(5)36-25-19-22(4)28(40)34(25,42)32(41)33(20-38)30(44-33)27(36)31-35(29,21(2)3)46-37(45-31,47-36)24-16-13-12-14-17-24/h8-19,23,25,27,29-32,38,41-42H,2,6-7,20H2,1,3-5H3/b9-8+,11-10+,18-15+/t23?,25?,27?,29-,30?,31?,32?,33-,34+,35-,36-,37-/m0/s1. The fraction of sp³-hybridized carbons (Fsp3) is 0.514. The van der Waals surface area contributed by atoms with Crippen molar-refractivity contribution in [1.82, 2.24) is 0 Å². The summed E-state index contributed by atoms with van der Waals surface area (Å²) in [5.74, 6) is -5.92. The molecule has 0 aromatic heterocycles. The van der Waals surface area contributed by atoms with Crippen LogP contribution >= 0.6 is 0 Å². The van der Waals surface area contributed by atoms with Crippen LogP contribution in [0.15, 0.2) is 90.6 Å². The summed E-state index contributed by atoms with van der Waals surface area (Å²) in [6, 6.07) is 9.01. The Morgan fingerprint density at radius 3 is 2.49 bits per heavy atom. The largest absolute Gasteiger partial charge is 0.455 e. The lowest BCUT2D eigenvalue weighted by Gasteiger charge is -2.61. The minimum absolute atomic E-state index is 0.231. The van der Waals surface area contributed by atoms with Gasteiger partial charge in [0.25, 0.3) is 0 Å². The number of hydrogen-bond acceptors (Lipinski definition) is 10. The highest BCUT2D eigenvalue weighted by Gasteiger charge is 2.90. The van der Waals surface area contributed by atoms with Crippen LogP contribution in [0.3, 0.4) is 0 Å². The molecule has 0 radical (unpaired) electrons. The van der Waals surface area contributed by atoms with E-state index in [0.717, 1.165) is 12.8 Å². The molecule has 3 aliphatic carbocycles. The van der Waals surface area contributed by atoms with Crippen LogP contribution in [0.2, 0.25) is 0 Å². The van der Waals surface area contributed by atoms with Crippen LogP contribution < -0.4 is 0 Å². The van der Waals surface area contributed by atoms with E-state index in [2.05, 4.69) is 13.5 Å². The molecule has 3 saturated heterocycles. The number of rotatable bonds is 9.